The van der Waals surface area contributed by atoms with Gasteiger partial charge in [-0.2, -0.15) is 0 Å². The lowest BCUT2D eigenvalue weighted by atomic mass is 10.2. The minimum Gasteiger partial charge on any atom is -0.493 e. The van der Waals surface area contributed by atoms with E-state index in [0.29, 0.717) is 18.0 Å². The van der Waals surface area contributed by atoms with E-state index in [4.69, 9.17) is 9.47 Å². The number of rotatable bonds is 5. The number of benzene rings is 2. The lowest BCUT2D eigenvalue weighted by molar-refractivity contribution is -0.127. The second kappa shape index (κ2) is 7.72. The molecule has 1 aliphatic heterocycles. The number of carbonyl (C=O) groups excluding carboxylic acids is 1. The zero-order chi connectivity index (χ0) is 19.5. The predicted octanol–water partition coefficient (Wildman–Crippen LogP) is 4.60. The summed E-state index contributed by atoms with van der Waals surface area (Å²) in [4.78, 5) is 12.5. The number of fused-ring (bicyclic) bond motifs is 2. The molecule has 0 saturated carbocycles. The fourth-order valence-electron chi connectivity index (χ4n) is 3.22. The van der Waals surface area contributed by atoms with Crippen LogP contribution in [-0.2, 0) is 11.3 Å². The van der Waals surface area contributed by atoms with Crippen molar-refractivity contribution in [2.45, 2.75) is 32.4 Å². The van der Waals surface area contributed by atoms with Crippen molar-refractivity contribution in [2.24, 2.45) is 10.2 Å². The Morgan fingerprint density at radius 1 is 1.18 bits per heavy atom. The molecule has 144 valence electrons. The van der Waals surface area contributed by atoms with Gasteiger partial charge in [-0.25, -0.2) is 0 Å². The van der Waals surface area contributed by atoms with Gasteiger partial charge in [0.15, 0.2) is 17.2 Å². The fraction of sp³-hybridized carbons (Fsp3) is 0.286. The standard InChI is InChI=1S/C21H21N3O4/c1-2-3-12-24-15-9-5-4-8-14(15)19(21(24)26)22-23-20(25)18-13-27-16-10-6-7-11-17(16)28-18/h4-11,18,26H,2-3,12-13H2,1H3/t18-/m1/s1. The number of hydrogen-bond acceptors (Lipinski definition) is 5. The maximum Gasteiger partial charge on any atom is 0.308 e. The zero-order valence-electron chi connectivity index (χ0n) is 15.5. The van der Waals surface area contributed by atoms with Crippen molar-refractivity contribution in [1.29, 1.82) is 0 Å². The first-order valence-corrected chi connectivity index (χ1v) is 9.33. The van der Waals surface area contributed by atoms with Gasteiger partial charge in [0, 0.05) is 11.9 Å². The van der Waals surface area contributed by atoms with Gasteiger partial charge in [0.1, 0.15) is 6.61 Å². The highest BCUT2D eigenvalue weighted by Gasteiger charge is 2.27. The number of unbranched alkanes of at least 4 members (excludes halogenated alkanes) is 1. The van der Waals surface area contributed by atoms with Crippen molar-refractivity contribution >= 4 is 22.5 Å². The third-order valence-corrected chi connectivity index (χ3v) is 4.69. The Balaban J connectivity index is 1.59. The molecule has 7 heteroatoms. The first-order valence-electron chi connectivity index (χ1n) is 9.33. The zero-order valence-corrected chi connectivity index (χ0v) is 15.5. The minimum atomic E-state index is -0.866. The normalized spacial score (nSPS) is 16.0. The molecule has 7 nitrogen and oxygen atoms in total. The maximum absolute atomic E-state index is 12.5. The molecule has 28 heavy (non-hydrogen) atoms. The average Bonchev–Trinajstić information content (AvgIpc) is 3.00. The van der Waals surface area contributed by atoms with Crippen LogP contribution in [0.3, 0.4) is 0 Å². The Morgan fingerprint density at radius 2 is 1.93 bits per heavy atom. The summed E-state index contributed by atoms with van der Waals surface area (Å²) in [5.41, 5.74) is 1.15. The van der Waals surface area contributed by atoms with E-state index >= 15 is 0 Å². The number of azo groups is 1. The molecule has 3 aromatic rings. The van der Waals surface area contributed by atoms with Crippen LogP contribution < -0.4 is 9.47 Å². The molecule has 2 heterocycles. The summed E-state index contributed by atoms with van der Waals surface area (Å²) < 4.78 is 13.0. The second-order valence-electron chi connectivity index (χ2n) is 6.60. The van der Waals surface area contributed by atoms with Crippen molar-refractivity contribution in [3.63, 3.8) is 0 Å². The number of aryl methyl sites for hydroxylation is 1. The van der Waals surface area contributed by atoms with E-state index in [-0.39, 0.29) is 18.2 Å². The Hall–Kier alpha value is -3.35. The number of carbonyl (C=O) groups is 1. The summed E-state index contributed by atoms with van der Waals surface area (Å²) in [5.74, 6) is 0.554. The molecule has 0 radical (unpaired) electrons. The highest BCUT2D eigenvalue weighted by atomic mass is 16.6. The lowest BCUT2D eigenvalue weighted by Gasteiger charge is -2.23. The van der Waals surface area contributed by atoms with Crippen LogP contribution in [0.2, 0.25) is 0 Å². The number of aromatic hydroxyl groups is 1. The minimum absolute atomic E-state index is 0.0114. The SMILES string of the molecule is CCCCn1c(O)c(N=NC(=O)[C@H]2COc3ccccc3O2)c2ccccc21. The second-order valence-corrected chi connectivity index (χ2v) is 6.60. The van der Waals surface area contributed by atoms with Crippen LogP contribution in [-0.4, -0.2) is 28.3 Å². The summed E-state index contributed by atoms with van der Waals surface area (Å²) in [6, 6.07) is 14.7. The van der Waals surface area contributed by atoms with Gasteiger partial charge in [0.05, 0.1) is 5.52 Å². The molecule has 0 unspecified atom stereocenters. The van der Waals surface area contributed by atoms with Crippen LogP contribution in [0.1, 0.15) is 19.8 Å². The van der Waals surface area contributed by atoms with Gasteiger partial charge in [-0.3, -0.25) is 4.79 Å². The number of aromatic nitrogens is 1. The van der Waals surface area contributed by atoms with E-state index in [9.17, 15) is 9.90 Å². The van der Waals surface area contributed by atoms with Crippen LogP contribution in [0.15, 0.2) is 58.8 Å². The third kappa shape index (κ3) is 3.31. The van der Waals surface area contributed by atoms with Crippen LogP contribution in [0, 0.1) is 0 Å². The Kier molecular flexibility index (Phi) is 4.97. The van der Waals surface area contributed by atoms with E-state index in [2.05, 4.69) is 17.2 Å². The van der Waals surface area contributed by atoms with Crippen molar-refractivity contribution in [1.82, 2.24) is 4.57 Å². The van der Waals surface area contributed by atoms with Gasteiger partial charge in [0.25, 0.3) is 0 Å². The number of amides is 1. The van der Waals surface area contributed by atoms with E-state index in [1.807, 2.05) is 30.3 Å². The molecule has 1 aromatic heterocycles. The van der Waals surface area contributed by atoms with Crippen molar-refractivity contribution in [3.05, 3.63) is 48.5 Å². The largest absolute Gasteiger partial charge is 0.493 e. The number of nitrogens with zero attached hydrogens (tertiary/aromatic N) is 3. The molecule has 1 atom stereocenters. The molecule has 0 fully saturated rings. The van der Waals surface area contributed by atoms with Crippen LogP contribution in [0.25, 0.3) is 10.9 Å². The van der Waals surface area contributed by atoms with Crippen molar-refractivity contribution < 1.29 is 19.4 Å². The van der Waals surface area contributed by atoms with Crippen molar-refractivity contribution in [3.8, 4) is 17.4 Å². The summed E-state index contributed by atoms with van der Waals surface area (Å²) in [6.45, 7) is 2.83. The van der Waals surface area contributed by atoms with Gasteiger partial charge in [0.2, 0.25) is 12.0 Å². The van der Waals surface area contributed by atoms with Gasteiger partial charge in [-0.05, 0) is 24.6 Å². The molecule has 0 saturated heterocycles. The average molecular weight is 379 g/mol. The van der Waals surface area contributed by atoms with Gasteiger partial charge in [-0.15, -0.1) is 10.2 Å². The van der Waals surface area contributed by atoms with E-state index in [1.165, 1.54) is 0 Å². The quantitative estimate of drug-likeness (QED) is 0.657. The first kappa shape index (κ1) is 18.0. The van der Waals surface area contributed by atoms with E-state index in [0.717, 1.165) is 23.7 Å². The molecular weight excluding hydrogens is 358 g/mol. The van der Waals surface area contributed by atoms with Gasteiger partial charge in [-0.1, -0.05) is 43.7 Å². The van der Waals surface area contributed by atoms with Gasteiger partial charge < -0.3 is 19.1 Å². The Morgan fingerprint density at radius 3 is 2.75 bits per heavy atom. The van der Waals surface area contributed by atoms with Crippen molar-refractivity contribution in [2.75, 3.05) is 6.61 Å². The smallest absolute Gasteiger partial charge is 0.308 e. The highest BCUT2D eigenvalue weighted by molar-refractivity contribution is 5.95. The Labute approximate surface area is 162 Å². The molecule has 1 N–H and O–H groups in total. The molecule has 4 rings (SSSR count). The molecular formula is C21H21N3O4. The topological polar surface area (TPSA) is 85.4 Å². The van der Waals surface area contributed by atoms with E-state index in [1.54, 1.807) is 22.8 Å². The summed E-state index contributed by atoms with van der Waals surface area (Å²) >= 11 is 0. The van der Waals surface area contributed by atoms with Crippen LogP contribution >= 0.6 is 0 Å². The lowest BCUT2D eigenvalue weighted by Crippen LogP contribution is -2.35. The molecule has 0 aliphatic carbocycles. The predicted molar refractivity (Wildman–Crippen MR) is 104 cm³/mol. The van der Waals surface area contributed by atoms with Crippen LogP contribution in [0.4, 0.5) is 5.69 Å². The number of para-hydroxylation sites is 3. The highest BCUT2D eigenvalue weighted by Crippen LogP contribution is 2.39. The fourth-order valence-corrected chi connectivity index (χ4v) is 3.22. The molecule has 2 aromatic carbocycles. The molecule has 0 spiro atoms. The van der Waals surface area contributed by atoms with E-state index < -0.39 is 12.0 Å². The molecule has 1 amide bonds. The monoisotopic (exact) mass is 379 g/mol. The summed E-state index contributed by atoms with van der Waals surface area (Å²) in [7, 11) is 0. The number of ether oxygens (including phenoxy) is 2. The first-order chi connectivity index (χ1) is 13.7. The summed E-state index contributed by atoms with van der Waals surface area (Å²) in [5, 5.41) is 19.2. The van der Waals surface area contributed by atoms with Gasteiger partial charge >= 0.3 is 5.91 Å². The third-order valence-electron chi connectivity index (χ3n) is 4.69. The number of hydrogen-bond donors (Lipinski definition) is 1. The van der Waals surface area contributed by atoms with Crippen LogP contribution in [0.5, 0.6) is 17.4 Å². The molecule has 1 aliphatic rings. The molecule has 0 bridgehead atoms. The maximum atomic E-state index is 12.5. The summed E-state index contributed by atoms with van der Waals surface area (Å²) in [6.07, 6.45) is 1.06. The Bertz CT molecular complexity index is 1040.